The first-order chi connectivity index (χ1) is 14.3. The molecule has 0 saturated carbocycles. The van der Waals surface area contributed by atoms with Gasteiger partial charge in [0.25, 0.3) is 0 Å². The Kier molecular flexibility index (Phi) is 9.69. The minimum absolute atomic E-state index is 0. The number of guanidine groups is 1. The van der Waals surface area contributed by atoms with Crippen molar-refractivity contribution in [1.82, 2.24) is 15.1 Å². The van der Waals surface area contributed by atoms with Gasteiger partial charge in [-0.05, 0) is 35.9 Å². The predicted molar refractivity (Wildman–Crippen MR) is 139 cm³/mol. The highest BCUT2D eigenvalue weighted by molar-refractivity contribution is 14.0. The zero-order valence-electron chi connectivity index (χ0n) is 17.5. The smallest absolute Gasteiger partial charge is 0.194 e. The maximum atomic E-state index is 5.57. The van der Waals surface area contributed by atoms with Crippen molar-refractivity contribution < 1.29 is 4.74 Å². The lowest BCUT2D eigenvalue weighted by atomic mass is 10.2. The van der Waals surface area contributed by atoms with E-state index in [9.17, 15) is 0 Å². The number of nitrogens with one attached hydrogen (secondary N) is 1. The lowest BCUT2D eigenvalue weighted by Gasteiger charge is -2.37. The molecule has 9 heteroatoms. The summed E-state index contributed by atoms with van der Waals surface area (Å²) in [6.45, 7) is 11.5. The highest BCUT2D eigenvalue weighted by atomic mass is 127. The van der Waals surface area contributed by atoms with Gasteiger partial charge < -0.3 is 19.9 Å². The first-order valence-corrected chi connectivity index (χ1v) is 12.3. The lowest BCUT2D eigenvalue weighted by Crippen LogP contribution is -2.52. The summed E-state index contributed by atoms with van der Waals surface area (Å²) in [5.41, 5.74) is 0. The quantitative estimate of drug-likeness (QED) is 0.332. The molecule has 1 atom stereocenters. The Morgan fingerprint density at radius 1 is 1.07 bits per heavy atom. The summed E-state index contributed by atoms with van der Waals surface area (Å²) in [5, 5.41) is 9.22. The normalized spacial score (nSPS) is 19.4. The van der Waals surface area contributed by atoms with Gasteiger partial charge >= 0.3 is 0 Å². The minimum atomic E-state index is 0. The molecule has 30 heavy (non-hydrogen) atoms. The molecule has 0 spiro atoms. The van der Waals surface area contributed by atoms with Gasteiger partial charge in [0.2, 0.25) is 0 Å². The Labute approximate surface area is 204 Å². The molecule has 2 aromatic heterocycles. The number of nitrogens with zero attached hydrogens (tertiary/aromatic N) is 4. The molecular formula is C21H32IN5OS2. The van der Waals surface area contributed by atoms with Crippen molar-refractivity contribution in [3.8, 4) is 0 Å². The summed E-state index contributed by atoms with van der Waals surface area (Å²) < 4.78 is 5.57. The minimum Gasteiger partial charge on any atom is -0.379 e. The van der Waals surface area contributed by atoms with Gasteiger partial charge in [-0.15, -0.1) is 46.7 Å². The average molecular weight is 562 g/mol. The summed E-state index contributed by atoms with van der Waals surface area (Å²) >= 11 is 3.66. The molecule has 0 radical (unpaired) electrons. The Hall–Kier alpha value is -0.880. The molecule has 0 aromatic carbocycles. The van der Waals surface area contributed by atoms with Crippen molar-refractivity contribution in [1.29, 1.82) is 0 Å². The van der Waals surface area contributed by atoms with Gasteiger partial charge in [-0.25, -0.2) is 0 Å². The number of rotatable bonds is 6. The summed E-state index contributed by atoms with van der Waals surface area (Å²) in [5.74, 6) is 1.05. The van der Waals surface area contributed by atoms with Gasteiger partial charge in [0.15, 0.2) is 5.96 Å². The maximum Gasteiger partial charge on any atom is 0.194 e. The fraction of sp³-hybridized carbons (Fsp3) is 0.571. The van der Waals surface area contributed by atoms with E-state index in [2.05, 4.69) is 62.0 Å². The van der Waals surface area contributed by atoms with Crippen LogP contribution >= 0.6 is 46.7 Å². The maximum absolute atomic E-state index is 5.57. The summed E-state index contributed by atoms with van der Waals surface area (Å²) in [6.07, 6.45) is 0. The van der Waals surface area contributed by atoms with Crippen LogP contribution in [0.25, 0.3) is 0 Å². The van der Waals surface area contributed by atoms with Crippen LogP contribution in [-0.4, -0.2) is 81.3 Å². The molecule has 0 bridgehead atoms. The van der Waals surface area contributed by atoms with Crippen LogP contribution in [0, 0.1) is 0 Å². The van der Waals surface area contributed by atoms with Crippen LogP contribution in [0.2, 0.25) is 0 Å². The Bertz CT molecular complexity index is 742. The summed E-state index contributed by atoms with van der Waals surface area (Å²) in [7, 11) is 0. The van der Waals surface area contributed by atoms with E-state index in [1.165, 1.54) is 9.88 Å². The van der Waals surface area contributed by atoms with Crippen LogP contribution in [0.5, 0.6) is 0 Å². The van der Waals surface area contributed by atoms with Crippen LogP contribution in [0.1, 0.15) is 17.8 Å². The largest absolute Gasteiger partial charge is 0.379 e. The zero-order chi connectivity index (χ0) is 19.9. The van der Waals surface area contributed by atoms with Crippen molar-refractivity contribution >= 4 is 57.6 Å². The van der Waals surface area contributed by atoms with Crippen LogP contribution in [0.15, 0.2) is 40.0 Å². The number of halogens is 1. The predicted octanol–water partition coefficient (Wildman–Crippen LogP) is 3.59. The number of aliphatic imine (C=N–C) groups is 1. The van der Waals surface area contributed by atoms with E-state index in [0.29, 0.717) is 6.04 Å². The third kappa shape index (κ3) is 6.09. The zero-order valence-corrected chi connectivity index (χ0v) is 21.5. The fourth-order valence-corrected chi connectivity index (χ4v) is 5.58. The van der Waals surface area contributed by atoms with Crippen LogP contribution in [-0.2, 0) is 4.74 Å². The molecule has 6 nitrogen and oxygen atoms in total. The molecule has 1 unspecified atom stereocenters. The van der Waals surface area contributed by atoms with Crippen molar-refractivity contribution in [2.75, 3.05) is 70.5 Å². The number of piperazine rings is 1. The Morgan fingerprint density at radius 2 is 1.80 bits per heavy atom. The van der Waals surface area contributed by atoms with Crippen molar-refractivity contribution in [2.24, 2.45) is 4.99 Å². The number of hydrogen-bond donors (Lipinski definition) is 1. The standard InChI is InChI=1S/C21H31N5OS2.HI/c1-2-22-21(26-9-7-25(8-10-26)20-6-4-16-29-20)23-17-18(19-5-3-15-28-19)24-11-13-27-14-12-24;/h3-6,15-16,18H,2,7-14,17H2,1H3,(H,22,23);1H. The molecule has 4 heterocycles. The van der Waals surface area contributed by atoms with Gasteiger partial charge in [-0.3, -0.25) is 9.89 Å². The molecule has 2 aliphatic rings. The molecule has 2 aliphatic heterocycles. The van der Waals surface area contributed by atoms with Gasteiger partial charge in [-0.2, -0.15) is 0 Å². The van der Waals surface area contributed by atoms with Crippen molar-refractivity contribution in [2.45, 2.75) is 13.0 Å². The monoisotopic (exact) mass is 561 g/mol. The average Bonchev–Trinajstić information content (AvgIpc) is 3.49. The van der Waals surface area contributed by atoms with E-state index in [4.69, 9.17) is 9.73 Å². The number of thiophene rings is 2. The molecule has 4 rings (SSSR count). The highest BCUT2D eigenvalue weighted by Gasteiger charge is 2.25. The molecule has 2 aromatic rings. The number of morpholine rings is 1. The van der Waals surface area contributed by atoms with E-state index < -0.39 is 0 Å². The number of anilines is 1. The van der Waals surface area contributed by atoms with Crippen molar-refractivity contribution in [3.63, 3.8) is 0 Å². The fourth-order valence-electron chi connectivity index (χ4n) is 3.94. The molecule has 2 fully saturated rings. The van der Waals surface area contributed by atoms with E-state index in [0.717, 1.165) is 71.5 Å². The van der Waals surface area contributed by atoms with Gasteiger partial charge in [0.1, 0.15) is 0 Å². The first kappa shape index (κ1) is 23.8. The Balaban J connectivity index is 0.00000256. The molecule has 0 amide bonds. The van der Waals surface area contributed by atoms with Gasteiger partial charge in [0, 0.05) is 50.7 Å². The lowest BCUT2D eigenvalue weighted by molar-refractivity contribution is 0.0186. The van der Waals surface area contributed by atoms with E-state index >= 15 is 0 Å². The molecule has 1 N–H and O–H groups in total. The SMILES string of the molecule is CCNC(=NCC(c1cccs1)N1CCOCC1)N1CCN(c2cccs2)CC1.I. The summed E-state index contributed by atoms with van der Waals surface area (Å²) in [6, 6.07) is 9.07. The van der Waals surface area contributed by atoms with Crippen LogP contribution in [0.3, 0.4) is 0 Å². The van der Waals surface area contributed by atoms with E-state index in [1.54, 1.807) is 0 Å². The number of hydrogen-bond acceptors (Lipinski definition) is 6. The molecule has 0 aliphatic carbocycles. The molecular weight excluding hydrogens is 529 g/mol. The Morgan fingerprint density at radius 3 is 2.43 bits per heavy atom. The second-order valence-corrected chi connectivity index (χ2v) is 9.20. The third-order valence-electron chi connectivity index (χ3n) is 5.50. The molecule has 2 saturated heterocycles. The van der Waals surface area contributed by atoms with Gasteiger partial charge in [-0.1, -0.05) is 6.07 Å². The van der Waals surface area contributed by atoms with Crippen LogP contribution < -0.4 is 10.2 Å². The second kappa shape index (κ2) is 12.2. The third-order valence-corrected chi connectivity index (χ3v) is 7.41. The molecule has 166 valence electrons. The van der Waals surface area contributed by atoms with Gasteiger partial charge in [0.05, 0.1) is 30.8 Å². The number of ether oxygens (including phenoxy) is 1. The van der Waals surface area contributed by atoms with E-state index in [-0.39, 0.29) is 24.0 Å². The highest BCUT2D eigenvalue weighted by Crippen LogP contribution is 2.27. The van der Waals surface area contributed by atoms with Crippen molar-refractivity contribution in [3.05, 3.63) is 39.9 Å². The van der Waals surface area contributed by atoms with E-state index in [1.807, 2.05) is 22.7 Å². The summed E-state index contributed by atoms with van der Waals surface area (Å²) in [4.78, 5) is 13.9. The second-order valence-electron chi connectivity index (χ2n) is 7.30. The van der Waals surface area contributed by atoms with Crippen LogP contribution in [0.4, 0.5) is 5.00 Å². The first-order valence-electron chi connectivity index (χ1n) is 10.5. The topological polar surface area (TPSA) is 43.3 Å².